The molecule has 29 heavy (non-hydrogen) atoms. The first kappa shape index (κ1) is 21.0. The Bertz CT molecular complexity index is 930. The van der Waals surface area contributed by atoms with E-state index < -0.39 is 17.6 Å². The molecule has 0 bridgehead atoms. The van der Waals surface area contributed by atoms with E-state index in [9.17, 15) is 18.4 Å². The van der Waals surface area contributed by atoms with Gasteiger partial charge in [0, 0.05) is 31.1 Å². The molecule has 1 unspecified atom stereocenters. The van der Waals surface area contributed by atoms with Gasteiger partial charge < -0.3 is 9.64 Å². The van der Waals surface area contributed by atoms with Crippen LogP contribution in [-0.2, 0) is 20.7 Å². The maximum atomic E-state index is 14.1. The molecule has 1 fully saturated rings. The third-order valence-electron chi connectivity index (χ3n) is 5.45. The van der Waals surface area contributed by atoms with Crippen LogP contribution in [-0.4, -0.2) is 30.4 Å². The molecule has 1 aromatic carbocycles. The Morgan fingerprint density at radius 1 is 1.24 bits per heavy atom. The summed E-state index contributed by atoms with van der Waals surface area (Å²) in [5, 5.41) is 0. The second-order valence-corrected chi connectivity index (χ2v) is 7.74. The number of rotatable bonds is 4. The Hall–Kier alpha value is -2.76. The van der Waals surface area contributed by atoms with Crippen LogP contribution in [0.2, 0.25) is 0 Å². The molecule has 6 heteroatoms. The molecule has 2 aliphatic rings. The summed E-state index contributed by atoms with van der Waals surface area (Å²) >= 11 is 0. The van der Waals surface area contributed by atoms with Gasteiger partial charge in [-0.3, -0.25) is 4.79 Å². The summed E-state index contributed by atoms with van der Waals surface area (Å²) in [7, 11) is 1.34. The fourth-order valence-corrected chi connectivity index (χ4v) is 3.96. The van der Waals surface area contributed by atoms with Crippen molar-refractivity contribution >= 4 is 11.9 Å². The molecule has 3 rings (SSSR count). The Kier molecular flexibility index (Phi) is 6.30. The SMILES string of the molecule is COC(=O)C1=CC(C)=C(N2CC(Cc3ccc(F)cc3F)CCC2=O)CC(C)=C1. The van der Waals surface area contributed by atoms with Gasteiger partial charge in [0.2, 0.25) is 5.91 Å². The number of carbonyl (C=O) groups excluding carboxylic acids is 2. The van der Waals surface area contributed by atoms with Crippen LogP contribution in [0.25, 0.3) is 0 Å². The van der Waals surface area contributed by atoms with Crippen molar-refractivity contribution in [1.29, 1.82) is 0 Å². The van der Waals surface area contributed by atoms with Crippen molar-refractivity contribution in [3.8, 4) is 0 Å². The molecule has 0 radical (unpaired) electrons. The fraction of sp³-hybridized carbons (Fsp3) is 0.391. The summed E-state index contributed by atoms with van der Waals surface area (Å²) in [6, 6.07) is 3.63. The lowest BCUT2D eigenvalue weighted by molar-refractivity contribution is -0.135. The van der Waals surface area contributed by atoms with E-state index in [1.165, 1.54) is 19.2 Å². The lowest BCUT2D eigenvalue weighted by Crippen LogP contribution is -2.40. The first-order valence-corrected chi connectivity index (χ1v) is 9.69. The first-order valence-electron chi connectivity index (χ1n) is 9.69. The number of methoxy groups -OCH3 is 1. The number of amides is 1. The summed E-state index contributed by atoms with van der Waals surface area (Å²) in [6.45, 7) is 4.26. The summed E-state index contributed by atoms with van der Waals surface area (Å²) in [5.41, 5.74) is 3.55. The molecule has 1 amide bonds. The van der Waals surface area contributed by atoms with Gasteiger partial charge >= 0.3 is 5.97 Å². The van der Waals surface area contributed by atoms with Gasteiger partial charge in [-0.25, -0.2) is 13.6 Å². The number of hydrogen-bond acceptors (Lipinski definition) is 3. The highest BCUT2D eigenvalue weighted by Gasteiger charge is 2.30. The molecule has 0 saturated carbocycles. The number of carbonyl (C=O) groups is 2. The number of likely N-dealkylation sites (tertiary alicyclic amines) is 1. The number of nitrogens with zero attached hydrogens (tertiary/aromatic N) is 1. The maximum absolute atomic E-state index is 14.1. The fourth-order valence-electron chi connectivity index (χ4n) is 3.96. The number of piperidine rings is 1. The number of ether oxygens (including phenoxy) is 1. The van der Waals surface area contributed by atoms with Gasteiger partial charge in [0.15, 0.2) is 0 Å². The van der Waals surface area contributed by atoms with Crippen molar-refractivity contribution in [2.24, 2.45) is 5.92 Å². The van der Waals surface area contributed by atoms with Crippen LogP contribution < -0.4 is 0 Å². The molecule has 1 aliphatic carbocycles. The van der Waals surface area contributed by atoms with Crippen LogP contribution in [0.3, 0.4) is 0 Å². The minimum atomic E-state index is -0.596. The average Bonchev–Trinajstić information content (AvgIpc) is 2.83. The number of halogens is 2. The third-order valence-corrected chi connectivity index (χ3v) is 5.45. The standard InChI is InChI=1S/C23H25F2NO3/c1-14-8-18(23(28)29-3)10-15(2)21(9-14)26-13-16(4-7-22(26)27)11-17-5-6-19(24)12-20(17)25/h5-6,8,10,12,16H,4,7,9,11,13H2,1-3H3. The largest absolute Gasteiger partial charge is 0.465 e. The second-order valence-electron chi connectivity index (χ2n) is 7.74. The van der Waals surface area contributed by atoms with E-state index in [2.05, 4.69) is 0 Å². The van der Waals surface area contributed by atoms with Gasteiger partial charge in [-0.2, -0.15) is 0 Å². The molecule has 0 aromatic heterocycles. The van der Waals surface area contributed by atoms with Crippen LogP contribution in [0.15, 0.2) is 52.8 Å². The number of benzene rings is 1. The lowest BCUT2D eigenvalue weighted by atomic mass is 9.89. The summed E-state index contributed by atoms with van der Waals surface area (Å²) < 4.78 is 32.1. The molecule has 1 aromatic rings. The molecule has 0 N–H and O–H groups in total. The summed E-state index contributed by atoms with van der Waals surface area (Å²) in [6.07, 6.45) is 5.56. The van der Waals surface area contributed by atoms with Crippen molar-refractivity contribution in [2.75, 3.05) is 13.7 Å². The molecular weight excluding hydrogens is 376 g/mol. The van der Waals surface area contributed by atoms with Crippen LogP contribution in [0, 0.1) is 17.6 Å². The number of allylic oxidation sites excluding steroid dienone is 3. The smallest absolute Gasteiger partial charge is 0.337 e. The molecule has 1 saturated heterocycles. The second kappa shape index (κ2) is 8.72. The Balaban J connectivity index is 1.85. The Labute approximate surface area is 169 Å². The van der Waals surface area contributed by atoms with E-state index in [-0.39, 0.29) is 11.8 Å². The molecule has 1 heterocycles. The van der Waals surface area contributed by atoms with Gasteiger partial charge in [-0.15, -0.1) is 0 Å². The number of hydrogen-bond donors (Lipinski definition) is 0. The predicted molar refractivity (Wildman–Crippen MR) is 106 cm³/mol. The van der Waals surface area contributed by atoms with Crippen LogP contribution in [0.5, 0.6) is 0 Å². The van der Waals surface area contributed by atoms with Crippen molar-refractivity contribution in [3.63, 3.8) is 0 Å². The maximum Gasteiger partial charge on any atom is 0.337 e. The molecule has 1 aliphatic heterocycles. The van der Waals surface area contributed by atoms with Crippen molar-refractivity contribution in [3.05, 3.63) is 70.0 Å². The molecular formula is C23H25F2NO3. The zero-order valence-electron chi connectivity index (χ0n) is 16.9. The van der Waals surface area contributed by atoms with Crippen LogP contribution >= 0.6 is 0 Å². The van der Waals surface area contributed by atoms with Gasteiger partial charge in [0.1, 0.15) is 11.6 Å². The highest BCUT2D eigenvalue weighted by Crippen LogP contribution is 2.31. The normalized spacial score (nSPS) is 20.2. The first-order chi connectivity index (χ1) is 13.8. The van der Waals surface area contributed by atoms with E-state index >= 15 is 0 Å². The molecule has 154 valence electrons. The highest BCUT2D eigenvalue weighted by atomic mass is 19.1. The van der Waals surface area contributed by atoms with E-state index in [1.54, 1.807) is 17.1 Å². The Morgan fingerprint density at radius 3 is 2.69 bits per heavy atom. The topological polar surface area (TPSA) is 46.6 Å². The van der Waals surface area contributed by atoms with Crippen molar-refractivity contribution in [2.45, 2.75) is 39.5 Å². The zero-order chi connectivity index (χ0) is 21.1. The van der Waals surface area contributed by atoms with Gasteiger partial charge in [0.25, 0.3) is 0 Å². The van der Waals surface area contributed by atoms with Crippen LogP contribution in [0.4, 0.5) is 8.78 Å². The van der Waals surface area contributed by atoms with E-state index in [0.29, 0.717) is 43.4 Å². The average molecular weight is 401 g/mol. The monoisotopic (exact) mass is 401 g/mol. The van der Waals surface area contributed by atoms with E-state index in [1.807, 2.05) is 13.8 Å². The lowest BCUT2D eigenvalue weighted by Gasteiger charge is -2.35. The van der Waals surface area contributed by atoms with Crippen molar-refractivity contribution in [1.82, 2.24) is 4.90 Å². The minimum Gasteiger partial charge on any atom is -0.465 e. The molecule has 1 atom stereocenters. The quantitative estimate of drug-likeness (QED) is 0.700. The molecule has 4 nitrogen and oxygen atoms in total. The van der Waals surface area contributed by atoms with Crippen LogP contribution in [0.1, 0.15) is 38.7 Å². The van der Waals surface area contributed by atoms with Crippen molar-refractivity contribution < 1.29 is 23.1 Å². The summed E-state index contributed by atoms with van der Waals surface area (Å²) in [4.78, 5) is 26.4. The van der Waals surface area contributed by atoms with E-state index in [0.717, 1.165) is 22.9 Å². The zero-order valence-corrected chi connectivity index (χ0v) is 16.9. The minimum absolute atomic E-state index is 0.0258. The molecule has 0 spiro atoms. The number of esters is 1. The predicted octanol–water partition coefficient (Wildman–Crippen LogP) is 4.47. The third kappa shape index (κ3) is 4.81. The van der Waals surface area contributed by atoms with Gasteiger partial charge in [-0.1, -0.05) is 11.6 Å². The summed E-state index contributed by atoms with van der Waals surface area (Å²) in [5.74, 6) is -1.47. The Morgan fingerprint density at radius 2 is 2.00 bits per heavy atom. The highest BCUT2D eigenvalue weighted by molar-refractivity contribution is 5.92. The van der Waals surface area contributed by atoms with E-state index in [4.69, 9.17) is 4.74 Å². The van der Waals surface area contributed by atoms with Gasteiger partial charge in [0.05, 0.1) is 12.7 Å². The van der Waals surface area contributed by atoms with Gasteiger partial charge in [-0.05, 0) is 62.0 Å².